The van der Waals surface area contributed by atoms with Gasteiger partial charge in [-0.3, -0.25) is 14.7 Å². The number of H-pyrrole nitrogens is 1. The van der Waals surface area contributed by atoms with Crippen molar-refractivity contribution < 1.29 is 4.74 Å². The molecule has 1 saturated heterocycles. The van der Waals surface area contributed by atoms with E-state index in [1.807, 2.05) is 0 Å². The molecule has 9 heteroatoms. The second-order valence-corrected chi connectivity index (χ2v) is 5.50. The minimum absolute atomic E-state index is 0. The van der Waals surface area contributed by atoms with Crippen LogP contribution in [0.25, 0.3) is 0 Å². The number of halogens is 2. The lowest BCUT2D eigenvalue weighted by molar-refractivity contribution is 0.0378. The fraction of sp³-hybridized carbons (Fsp3) is 0.714. The van der Waals surface area contributed by atoms with Crippen molar-refractivity contribution in [2.75, 3.05) is 51.3 Å². The first-order chi connectivity index (χ1) is 10.3. The summed E-state index contributed by atoms with van der Waals surface area (Å²) in [6, 6.07) is 0. The van der Waals surface area contributed by atoms with Crippen LogP contribution in [0.4, 0.5) is 5.95 Å². The number of hydrogen-bond donors (Lipinski definition) is 3. The number of aromatic nitrogens is 2. The van der Waals surface area contributed by atoms with E-state index in [0.717, 1.165) is 70.0 Å². The molecule has 0 unspecified atom stereocenters. The zero-order valence-corrected chi connectivity index (χ0v) is 14.7. The summed E-state index contributed by atoms with van der Waals surface area (Å²) in [5, 5.41) is 6.47. The summed E-state index contributed by atoms with van der Waals surface area (Å²) in [7, 11) is 0. The van der Waals surface area contributed by atoms with Crippen LogP contribution in [0.2, 0.25) is 0 Å². The standard InChI is InChI=1S/C14H23N5O2.2ClH/c20-13-11-2-4-15-10-12(11)17-14(18-13)16-3-1-5-19-6-8-21-9-7-19;;/h15H,1-10H2,(H2,16,17,18,20);2*1H. The summed E-state index contributed by atoms with van der Waals surface area (Å²) in [6.45, 7) is 7.09. The lowest BCUT2D eigenvalue weighted by Gasteiger charge is -2.26. The first-order valence-electron chi connectivity index (χ1n) is 7.70. The molecule has 1 aromatic rings. The first-order valence-corrected chi connectivity index (χ1v) is 7.70. The molecule has 0 saturated carbocycles. The molecule has 3 N–H and O–H groups in total. The molecule has 3 rings (SSSR count). The predicted molar refractivity (Wildman–Crippen MR) is 95.1 cm³/mol. The van der Waals surface area contributed by atoms with Gasteiger partial charge in [0.25, 0.3) is 5.56 Å². The van der Waals surface area contributed by atoms with Gasteiger partial charge < -0.3 is 15.4 Å². The average molecular weight is 366 g/mol. The van der Waals surface area contributed by atoms with Gasteiger partial charge in [0.2, 0.25) is 5.95 Å². The van der Waals surface area contributed by atoms with Crippen LogP contribution in [0, 0.1) is 0 Å². The van der Waals surface area contributed by atoms with Gasteiger partial charge >= 0.3 is 0 Å². The van der Waals surface area contributed by atoms with E-state index in [1.165, 1.54) is 0 Å². The molecule has 2 aliphatic rings. The van der Waals surface area contributed by atoms with Crippen LogP contribution >= 0.6 is 24.8 Å². The van der Waals surface area contributed by atoms with Gasteiger partial charge in [-0.2, -0.15) is 0 Å². The van der Waals surface area contributed by atoms with Gasteiger partial charge in [-0.1, -0.05) is 0 Å². The molecule has 0 atom stereocenters. The van der Waals surface area contributed by atoms with E-state index in [4.69, 9.17) is 4.74 Å². The lowest BCUT2D eigenvalue weighted by atomic mass is 10.1. The smallest absolute Gasteiger partial charge is 0.255 e. The van der Waals surface area contributed by atoms with E-state index in [0.29, 0.717) is 12.5 Å². The van der Waals surface area contributed by atoms with E-state index in [1.54, 1.807) is 0 Å². The second kappa shape index (κ2) is 10.1. The maximum atomic E-state index is 12.0. The van der Waals surface area contributed by atoms with Gasteiger partial charge in [-0.05, 0) is 25.9 Å². The SMILES string of the molecule is Cl.Cl.O=c1[nH]c(NCCCN2CCOCC2)nc2c1CCNC2. The highest BCUT2D eigenvalue weighted by molar-refractivity contribution is 5.85. The second-order valence-electron chi connectivity index (χ2n) is 5.50. The summed E-state index contributed by atoms with van der Waals surface area (Å²) >= 11 is 0. The third-order valence-electron chi connectivity index (χ3n) is 3.99. The van der Waals surface area contributed by atoms with Crippen molar-refractivity contribution in [3.63, 3.8) is 0 Å². The van der Waals surface area contributed by atoms with Crippen molar-refractivity contribution >= 4 is 30.8 Å². The molecule has 3 heterocycles. The third-order valence-corrected chi connectivity index (χ3v) is 3.99. The topological polar surface area (TPSA) is 82.3 Å². The molecule has 1 fully saturated rings. The van der Waals surface area contributed by atoms with Gasteiger partial charge in [-0.25, -0.2) is 4.98 Å². The van der Waals surface area contributed by atoms with Crippen LogP contribution in [0.3, 0.4) is 0 Å². The molecule has 0 aliphatic carbocycles. The Balaban J connectivity index is 0.00000132. The van der Waals surface area contributed by atoms with E-state index in [-0.39, 0.29) is 30.4 Å². The minimum Gasteiger partial charge on any atom is -0.379 e. The van der Waals surface area contributed by atoms with E-state index in [2.05, 4.69) is 25.5 Å². The number of anilines is 1. The molecule has 1 aromatic heterocycles. The fourth-order valence-electron chi connectivity index (χ4n) is 2.79. The van der Waals surface area contributed by atoms with Gasteiger partial charge in [0.1, 0.15) is 0 Å². The Morgan fingerprint density at radius 1 is 1.26 bits per heavy atom. The van der Waals surface area contributed by atoms with Crippen LogP contribution in [-0.2, 0) is 17.7 Å². The van der Waals surface area contributed by atoms with Crippen molar-refractivity contribution in [3.8, 4) is 0 Å². The largest absolute Gasteiger partial charge is 0.379 e. The molecule has 0 bridgehead atoms. The highest BCUT2D eigenvalue weighted by Crippen LogP contribution is 2.08. The van der Waals surface area contributed by atoms with Gasteiger partial charge in [0, 0.05) is 31.7 Å². The molecule has 0 aromatic carbocycles. The van der Waals surface area contributed by atoms with Gasteiger partial charge in [-0.15, -0.1) is 24.8 Å². The number of nitrogens with one attached hydrogen (secondary N) is 3. The average Bonchev–Trinajstić information content (AvgIpc) is 2.53. The Hall–Kier alpha value is -0.860. The van der Waals surface area contributed by atoms with Crippen LogP contribution in [-0.4, -0.2) is 60.8 Å². The number of aromatic amines is 1. The van der Waals surface area contributed by atoms with Crippen LogP contribution < -0.4 is 16.2 Å². The quantitative estimate of drug-likeness (QED) is 0.655. The summed E-state index contributed by atoms with van der Waals surface area (Å²) in [5.41, 5.74) is 1.70. The number of nitrogens with zero attached hydrogens (tertiary/aromatic N) is 2. The normalized spacial score (nSPS) is 17.6. The van der Waals surface area contributed by atoms with Crippen LogP contribution in [0.15, 0.2) is 4.79 Å². The summed E-state index contributed by atoms with van der Waals surface area (Å²) < 4.78 is 5.33. The van der Waals surface area contributed by atoms with Gasteiger partial charge in [0.15, 0.2) is 0 Å². The Bertz CT molecular complexity index is 534. The molecular weight excluding hydrogens is 341 g/mol. The Morgan fingerprint density at radius 3 is 2.83 bits per heavy atom. The fourth-order valence-corrected chi connectivity index (χ4v) is 2.79. The van der Waals surface area contributed by atoms with E-state index in [9.17, 15) is 4.79 Å². The zero-order valence-electron chi connectivity index (χ0n) is 13.1. The molecule has 7 nitrogen and oxygen atoms in total. The number of fused-ring (bicyclic) bond motifs is 1. The number of hydrogen-bond acceptors (Lipinski definition) is 6. The summed E-state index contributed by atoms with van der Waals surface area (Å²) in [5.74, 6) is 0.587. The molecule has 23 heavy (non-hydrogen) atoms. The number of rotatable bonds is 5. The molecule has 132 valence electrons. The van der Waals surface area contributed by atoms with Crippen LogP contribution in [0.1, 0.15) is 17.7 Å². The molecule has 0 radical (unpaired) electrons. The number of ether oxygens (including phenoxy) is 1. The first kappa shape index (κ1) is 20.2. The Kier molecular flexibility index (Phi) is 8.86. The predicted octanol–water partition coefficient (Wildman–Crippen LogP) is 0.393. The molecule has 2 aliphatic heterocycles. The van der Waals surface area contributed by atoms with Crippen molar-refractivity contribution in [1.82, 2.24) is 20.2 Å². The highest BCUT2D eigenvalue weighted by Gasteiger charge is 2.15. The van der Waals surface area contributed by atoms with Crippen molar-refractivity contribution in [3.05, 3.63) is 21.6 Å². The molecule has 0 amide bonds. The van der Waals surface area contributed by atoms with Gasteiger partial charge in [0.05, 0.1) is 18.9 Å². The Morgan fingerprint density at radius 2 is 2.04 bits per heavy atom. The number of morpholine rings is 1. The van der Waals surface area contributed by atoms with E-state index < -0.39 is 0 Å². The Labute approximate surface area is 148 Å². The minimum atomic E-state index is -0.00261. The van der Waals surface area contributed by atoms with Crippen molar-refractivity contribution in [2.45, 2.75) is 19.4 Å². The van der Waals surface area contributed by atoms with E-state index >= 15 is 0 Å². The summed E-state index contributed by atoms with van der Waals surface area (Å²) in [4.78, 5) is 21.7. The maximum absolute atomic E-state index is 12.0. The molecular formula is C14H25Cl2N5O2. The lowest BCUT2D eigenvalue weighted by Crippen LogP contribution is -2.37. The van der Waals surface area contributed by atoms with Crippen molar-refractivity contribution in [2.24, 2.45) is 0 Å². The summed E-state index contributed by atoms with van der Waals surface area (Å²) in [6.07, 6.45) is 1.79. The van der Waals surface area contributed by atoms with Crippen molar-refractivity contribution in [1.29, 1.82) is 0 Å². The van der Waals surface area contributed by atoms with Crippen LogP contribution in [0.5, 0.6) is 0 Å². The highest BCUT2D eigenvalue weighted by atomic mass is 35.5. The third kappa shape index (κ3) is 5.61. The monoisotopic (exact) mass is 365 g/mol. The maximum Gasteiger partial charge on any atom is 0.255 e. The molecule has 0 spiro atoms. The zero-order chi connectivity index (χ0) is 14.5.